The van der Waals surface area contributed by atoms with Crippen LogP contribution >= 0.6 is 0 Å². The molecule has 1 aromatic heterocycles. The van der Waals surface area contributed by atoms with Crippen LogP contribution in [0.1, 0.15) is 50.4 Å². The van der Waals surface area contributed by atoms with Crippen LogP contribution in [0.15, 0.2) is 30.5 Å². The first kappa shape index (κ1) is 15.8. The molecule has 23 heavy (non-hydrogen) atoms. The second-order valence-corrected chi connectivity index (χ2v) is 7.11. The van der Waals surface area contributed by atoms with E-state index >= 15 is 0 Å². The monoisotopic (exact) mass is 312 g/mol. The first-order valence-electron chi connectivity index (χ1n) is 8.31. The molecule has 0 spiro atoms. The lowest BCUT2D eigenvalue weighted by atomic mass is 10.1. The molecule has 122 valence electrons. The lowest BCUT2D eigenvalue weighted by Crippen LogP contribution is -2.29. The number of benzene rings is 1. The van der Waals surface area contributed by atoms with Gasteiger partial charge in [-0.2, -0.15) is 0 Å². The molecule has 4 heteroatoms. The van der Waals surface area contributed by atoms with E-state index in [-0.39, 0.29) is 5.97 Å². The van der Waals surface area contributed by atoms with Gasteiger partial charge in [-0.25, -0.2) is 4.79 Å². The van der Waals surface area contributed by atoms with Gasteiger partial charge < -0.3 is 9.64 Å². The summed E-state index contributed by atoms with van der Waals surface area (Å²) < 4.78 is 5.54. The van der Waals surface area contributed by atoms with Crippen LogP contribution in [0.3, 0.4) is 0 Å². The van der Waals surface area contributed by atoms with Crippen molar-refractivity contribution in [2.24, 2.45) is 0 Å². The van der Waals surface area contributed by atoms with Gasteiger partial charge in [0.05, 0.1) is 11.1 Å². The van der Waals surface area contributed by atoms with Crippen molar-refractivity contribution >= 4 is 22.6 Å². The van der Waals surface area contributed by atoms with Crippen LogP contribution in [-0.2, 0) is 4.74 Å². The summed E-state index contributed by atoms with van der Waals surface area (Å²) in [6.45, 7) is 7.80. The summed E-state index contributed by atoms with van der Waals surface area (Å²) in [6.07, 6.45) is 5.42. The summed E-state index contributed by atoms with van der Waals surface area (Å²) in [4.78, 5) is 19.3. The number of esters is 1. The standard InChI is InChI=1S/C19H24N2O2/c1-19(2,3)23-18(22)15-9-10-20-17-8-7-14(13-16(15)17)21-11-5-4-6-12-21/h7-10,13H,4-6,11-12H2,1-3H3. The normalized spacial score (nSPS) is 15.7. The van der Waals surface area contributed by atoms with Crippen LogP contribution in [0.2, 0.25) is 0 Å². The molecule has 0 amide bonds. The number of fused-ring (bicyclic) bond motifs is 1. The fraction of sp³-hybridized carbons (Fsp3) is 0.474. The zero-order valence-electron chi connectivity index (χ0n) is 14.1. The zero-order valence-corrected chi connectivity index (χ0v) is 14.1. The van der Waals surface area contributed by atoms with Gasteiger partial charge in [0.2, 0.25) is 0 Å². The Morgan fingerprint density at radius 3 is 2.57 bits per heavy atom. The first-order valence-corrected chi connectivity index (χ1v) is 8.31. The highest BCUT2D eigenvalue weighted by Gasteiger charge is 2.20. The van der Waals surface area contributed by atoms with E-state index in [2.05, 4.69) is 22.0 Å². The fourth-order valence-corrected chi connectivity index (χ4v) is 2.99. The molecule has 0 aliphatic carbocycles. The largest absolute Gasteiger partial charge is 0.456 e. The predicted octanol–water partition coefficient (Wildman–Crippen LogP) is 4.18. The van der Waals surface area contributed by atoms with E-state index in [0.29, 0.717) is 5.56 Å². The van der Waals surface area contributed by atoms with Crippen molar-refractivity contribution in [2.75, 3.05) is 18.0 Å². The molecule has 1 aliphatic rings. The van der Waals surface area contributed by atoms with Gasteiger partial charge in [0.25, 0.3) is 0 Å². The number of carbonyl (C=O) groups is 1. The third-order valence-electron chi connectivity index (χ3n) is 4.07. The molecule has 1 aliphatic heterocycles. The number of carbonyl (C=O) groups excluding carboxylic acids is 1. The number of hydrogen-bond acceptors (Lipinski definition) is 4. The number of aromatic nitrogens is 1. The predicted molar refractivity (Wildman–Crippen MR) is 93.0 cm³/mol. The topological polar surface area (TPSA) is 42.4 Å². The number of nitrogens with zero attached hydrogens (tertiary/aromatic N) is 2. The average molecular weight is 312 g/mol. The maximum absolute atomic E-state index is 12.5. The van der Waals surface area contributed by atoms with Crippen LogP contribution in [-0.4, -0.2) is 29.6 Å². The highest BCUT2D eigenvalue weighted by atomic mass is 16.6. The van der Waals surface area contributed by atoms with E-state index in [0.717, 1.165) is 29.7 Å². The van der Waals surface area contributed by atoms with Gasteiger partial charge in [-0.3, -0.25) is 4.98 Å². The molecular formula is C19H24N2O2. The van der Waals surface area contributed by atoms with Crippen molar-refractivity contribution < 1.29 is 9.53 Å². The summed E-state index contributed by atoms with van der Waals surface area (Å²) in [5.41, 5.74) is 2.07. The number of hydrogen-bond donors (Lipinski definition) is 0. The highest BCUT2D eigenvalue weighted by Crippen LogP contribution is 2.27. The van der Waals surface area contributed by atoms with Crippen LogP contribution in [0.4, 0.5) is 5.69 Å². The first-order chi connectivity index (χ1) is 10.9. The summed E-state index contributed by atoms with van der Waals surface area (Å²) in [7, 11) is 0. The fourth-order valence-electron chi connectivity index (χ4n) is 2.99. The Labute approximate surface area is 137 Å². The Morgan fingerprint density at radius 2 is 1.87 bits per heavy atom. The number of anilines is 1. The molecule has 0 N–H and O–H groups in total. The summed E-state index contributed by atoms with van der Waals surface area (Å²) in [6, 6.07) is 7.91. The molecule has 0 saturated carbocycles. The van der Waals surface area contributed by atoms with Crippen LogP contribution < -0.4 is 4.90 Å². The zero-order chi connectivity index (χ0) is 16.4. The van der Waals surface area contributed by atoms with Gasteiger partial charge in [0.15, 0.2) is 0 Å². The van der Waals surface area contributed by atoms with Gasteiger partial charge in [-0.05, 0) is 64.3 Å². The Balaban J connectivity index is 1.99. The minimum atomic E-state index is -0.503. The van der Waals surface area contributed by atoms with Crippen LogP contribution in [0.5, 0.6) is 0 Å². The van der Waals surface area contributed by atoms with Crippen molar-refractivity contribution in [1.29, 1.82) is 0 Å². The molecule has 0 radical (unpaired) electrons. The van der Waals surface area contributed by atoms with E-state index in [1.165, 1.54) is 19.3 Å². The van der Waals surface area contributed by atoms with Crippen LogP contribution in [0.25, 0.3) is 10.9 Å². The summed E-state index contributed by atoms with van der Waals surface area (Å²) >= 11 is 0. The van der Waals surface area contributed by atoms with Gasteiger partial charge in [-0.1, -0.05) is 0 Å². The molecule has 0 atom stereocenters. The van der Waals surface area contributed by atoms with Crippen molar-refractivity contribution in [2.45, 2.75) is 45.6 Å². The van der Waals surface area contributed by atoms with Gasteiger partial charge in [0.1, 0.15) is 5.60 Å². The molecule has 0 unspecified atom stereocenters. The molecule has 1 saturated heterocycles. The van der Waals surface area contributed by atoms with Crippen molar-refractivity contribution in [3.05, 3.63) is 36.0 Å². The van der Waals surface area contributed by atoms with E-state index in [1.54, 1.807) is 12.3 Å². The van der Waals surface area contributed by atoms with Gasteiger partial charge in [-0.15, -0.1) is 0 Å². The van der Waals surface area contributed by atoms with Crippen molar-refractivity contribution in [3.63, 3.8) is 0 Å². The third kappa shape index (κ3) is 3.63. The number of pyridine rings is 1. The molecular weight excluding hydrogens is 288 g/mol. The Bertz CT molecular complexity index is 713. The van der Waals surface area contributed by atoms with Gasteiger partial charge in [0, 0.05) is 30.4 Å². The highest BCUT2D eigenvalue weighted by molar-refractivity contribution is 6.04. The molecule has 2 aromatic rings. The quantitative estimate of drug-likeness (QED) is 0.780. The SMILES string of the molecule is CC(C)(C)OC(=O)c1ccnc2ccc(N3CCCCC3)cc12. The Hall–Kier alpha value is -2.10. The second kappa shape index (κ2) is 6.19. The van der Waals surface area contributed by atoms with E-state index in [4.69, 9.17) is 4.74 Å². The number of ether oxygens (including phenoxy) is 1. The molecule has 2 heterocycles. The summed E-state index contributed by atoms with van der Waals surface area (Å²) in [5.74, 6) is -0.291. The molecule has 3 rings (SSSR count). The molecule has 0 bridgehead atoms. The van der Waals surface area contributed by atoms with Crippen molar-refractivity contribution in [1.82, 2.24) is 4.98 Å². The Morgan fingerprint density at radius 1 is 1.13 bits per heavy atom. The molecule has 1 fully saturated rings. The minimum Gasteiger partial charge on any atom is -0.456 e. The van der Waals surface area contributed by atoms with E-state index in [1.807, 2.05) is 26.8 Å². The maximum Gasteiger partial charge on any atom is 0.339 e. The second-order valence-electron chi connectivity index (χ2n) is 7.11. The molecule has 1 aromatic carbocycles. The Kier molecular flexibility index (Phi) is 4.24. The van der Waals surface area contributed by atoms with Gasteiger partial charge >= 0.3 is 5.97 Å². The third-order valence-corrected chi connectivity index (χ3v) is 4.07. The molecule has 4 nitrogen and oxygen atoms in total. The van der Waals surface area contributed by atoms with E-state index < -0.39 is 5.60 Å². The van der Waals surface area contributed by atoms with E-state index in [9.17, 15) is 4.79 Å². The maximum atomic E-state index is 12.5. The van der Waals surface area contributed by atoms with Crippen molar-refractivity contribution in [3.8, 4) is 0 Å². The minimum absolute atomic E-state index is 0.291. The van der Waals surface area contributed by atoms with Crippen LogP contribution in [0, 0.1) is 0 Å². The number of rotatable bonds is 2. The lowest BCUT2D eigenvalue weighted by Gasteiger charge is -2.29. The average Bonchev–Trinajstić information content (AvgIpc) is 2.53. The smallest absolute Gasteiger partial charge is 0.339 e. The lowest BCUT2D eigenvalue weighted by molar-refractivity contribution is 0.00718. The summed E-state index contributed by atoms with van der Waals surface area (Å²) in [5, 5.41) is 0.866. The number of piperidine rings is 1.